The third kappa shape index (κ3) is 2.18. The molecule has 0 bridgehead atoms. The van der Waals surface area contributed by atoms with Gasteiger partial charge in [0, 0.05) is 28.6 Å². The fourth-order valence-electron chi connectivity index (χ4n) is 5.87. The lowest BCUT2D eigenvalue weighted by Crippen LogP contribution is -2.14. The Hall–Kier alpha value is -3.84. The average Bonchev–Trinajstić information content (AvgIpc) is 3.33. The largest absolute Gasteiger partial charge is 0.353 e. The molecule has 0 fully saturated rings. The van der Waals surface area contributed by atoms with Crippen LogP contribution in [0.3, 0.4) is 0 Å². The highest BCUT2D eigenvalue weighted by molar-refractivity contribution is 6.19. The second-order valence-corrected chi connectivity index (χ2v) is 9.46. The molecular formula is C31H25N. The number of rotatable bonds is 1. The first kappa shape index (κ1) is 17.8. The highest BCUT2D eigenvalue weighted by Crippen LogP contribution is 2.52. The number of aromatic nitrogens is 1. The van der Waals surface area contributed by atoms with E-state index in [0.717, 1.165) is 0 Å². The van der Waals surface area contributed by atoms with E-state index in [4.69, 9.17) is 0 Å². The minimum atomic E-state index is 0. The maximum Gasteiger partial charge on any atom is 0.0544 e. The lowest BCUT2D eigenvalue weighted by molar-refractivity contribution is 0.660. The number of fused-ring (bicyclic) bond motifs is 8. The van der Waals surface area contributed by atoms with Crippen molar-refractivity contribution < 1.29 is 1.43 Å². The summed E-state index contributed by atoms with van der Waals surface area (Å²) in [6.45, 7) is 4.69. The molecule has 0 unspecified atom stereocenters. The van der Waals surface area contributed by atoms with E-state index in [1.807, 2.05) is 0 Å². The molecule has 0 aliphatic heterocycles. The Morgan fingerprint density at radius 3 is 2.12 bits per heavy atom. The first-order chi connectivity index (χ1) is 15.6. The van der Waals surface area contributed by atoms with Crippen LogP contribution in [0.4, 0.5) is 0 Å². The molecule has 1 heterocycles. The first-order valence-electron chi connectivity index (χ1n) is 11.3. The van der Waals surface area contributed by atoms with E-state index >= 15 is 0 Å². The van der Waals surface area contributed by atoms with Crippen LogP contribution in [0.15, 0.2) is 97.1 Å². The minimum absolute atomic E-state index is 0. The van der Waals surface area contributed by atoms with Gasteiger partial charge in [0.1, 0.15) is 0 Å². The lowest BCUT2D eigenvalue weighted by Gasteiger charge is -2.21. The van der Waals surface area contributed by atoms with Gasteiger partial charge in [0.25, 0.3) is 0 Å². The van der Waals surface area contributed by atoms with Crippen LogP contribution >= 0.6 is 0 Å². The highest BCUT2D eigenvalue weighted by atomic mass is 14.7. The lowest BCUT2D eigenvalue weighted by atomic mass is 9.82. The summed E-state index contributed by atoms with van der Waals surface area (Å²) in [6.07, 6.45) is 0. The molecule has 1 aromatic heterocycles. The molecule has 0 saturated heterocycles. The van der Waals surface area contributed by atoms with E-state index in [1.54, 1.807) is 0 Å². The van der Waals surface area contributed by atoms with E-state index in [2.05, 4.69) is 116 Å². The van der Waals surface area contributed by atoms with Crippen molar-refractivity contribution in [3.05, 3.63) is 108 Å². The Morgan fingerprint density at radius 1 is 0.531 bits per heavy atom. The summed E-state index contributed by atoms with van der Waals surface area (Å²) in [5.41, 5.74) is 10.6. The van der Waals surface area contributed by atoms with Crippen molar-refractivity contribution in [1.82, 2.24) is 4.98 Å². The topological polar surface area (TPSA) is 15.8 Å². The molecule has 32 heavy (non-hydrogen) atoms. The molecule has 154 valence electrons. The monoisotopic (exact) mass is 411 g/mol. The van der Waals surface area contributed by atoms with Gasteiger partial charge in [-0.15, -0.1) is 0 Å². The van der Waals surface area contributed by atoms with Crippen molar-refractivity contribution in [3.63, 3.8) is 0 Å². The van der Waals surface area contributed by atoms with Crippen molar-refractivity contribution in [2.45, 2.75) is 19.3 Å². The average molecular weight is 412 g/mol. The maximum absolute atomic E-state index is 3.82. The van der Waals surface area contributed by atoms with Crippen molar-refractivity contribution in [2.24, 2.45) is 0 Å². The number of para-hydroxylation sites is 1. The third-order valence-electron chi connectivity index (χ3n) is 7.43. The molecule has 1 N–H and O–H groups in total. The molecule has 0 spiro atoms. The smallest absolute Gasteiger partial charge is 0.0544 e. The Bertz CT molecular complexity index is 1700. The fourth-order valence-corrected chi connectivity index (χ4v) is 5.87. The first-order valence-corrected chi connectivity index (χ1v) is 11.3. The summed E-state index contributed by atoms with van der Waals surface area (Å²) in [5.74, 6) is 0. The summed E-state index contributed by atoms with van der Waals surface area (Å²) < 4.78 is 0. The van der Waals surface area contributed by atoms with Crippen molar-refractivity contribution in [2.75, 3.05) is 0 Å². The van der Waals surface area contributed by atoms with Crippen LogP contribution in [0, 0.1) is 0 Å². The number of hydrogen-bond acceptors (Lipinski definition) is 0. The van der Waals surface area contributed by atoms with Gasteiger partial charge in [-0.1, -0.05) is 111 Å². The Morgan fingerprint density at radius 2 is 1.19 bits per heavy atom. The molecule has 0 atom stereocenters. The Kier molecular flexibility index (Phi) is 3.40. The summed E-state index contributed by atoms with van der Waals surface area (Å²) >= 11 is 0. The van der Waals surface area contributed by atoms with Crippen molar-refractivity contribution >= 4 is 32.6 Å². The van der Waals surface area contributed by atoms with Crippen LogP contribution in [-0.2, 0) is 5.41 Å². The predicted molar refractivity (Wildman–Crippen MR) is 138 cm³/mol. The van der Waals surface area contributed by atoms with Crippen LogP contribution in [0.2, 0.25) is 0 Å². The van der Waals surface area contributed by atoms with Gasteiger partial charge in [0.2, 0.25) is 0 Å². The van der Waals surface area contributed by atoms with E-state index < -0.39 is 0 Å². The summed E-state index contributed by atoms with van der Waals surface area (Å²) in [6, 6.07) is 35.5. The van der Waals surface area contributed by atoms with Crippen molar-refractivity contribution in [1.29, 1.82) is 0 Å². The molecule has 0 saturated carbocycles. The van der Waals surface area contributed by atoms with Crippen molar-refractivity contribution in [3.8, 4) is 22.3 Å². The molecule has 1 aliphatic carbocycles. The molecule has 1 heteroatoms. The van der Waals surface area contributed by atoms with Crippen LogP contribution < -0.4 is 0 Å². The molecule has 6 aromatic rings. The Balaban J connectivity index is 0.00000206. The molecular weight excluding hydrogens is 386 g/mol. The van der Waals surface area contributed by atoms with Gasteiger partial charge in [-0.3, -0.25) is 0 Å². The van der Waals surface area contributed by atoms with E-state index in [0.29, 0.717) is 0 Å². The Labute approximate surface area is 188 Å². The van der Waals surface area contributed by atoms with E-state index in [-0.39, 0.29) is 6.84 Å². The summed E-state index contributed by atoms with van der Waals surface area (Å²) in [5, 5.41) is 5.11. The van der Waals surface area contributed by atoms with Crippen LogP contribution in [0.1, 0.15) is 26.4 Å². The number of H-pyrrole nitrogens is 1. The predicted octanol–water partition coefficient (Wildman–Crippen LogP) is 8.69. The number of aromatic amines is 1. The summed E-state index contributed by atoms with van der Waals surface area (Å²) in [4.78, 5) is 3.82. The van der Waals surface area contributed by atoms with Crippen LogP contribution in [0.5, 0.6) is 0 Å². The van der Waals surface area contributed by atoms with E-state index in [1.165, 1.54) is 66.0 Å². The number of nitrogens with one attached hydrogen (secondary N) is 1. The standard InChI is InChI=1S/C31H23N.H2/c1-31(2)26-15-6-5-11-25(26)28-21(12-8-16-27(28)31)22-13-7-14-23-24-18-17-19-9-3-4-10-20(19)29(24)32-30(22)23;/h3-18,32H,1-2H3;1H. The second-order valence-electron chi connectivity index (χ2n) is 9.46. The van der Waals surface area contributed by atoms with Gasteiger partial charge in [0.15, 0.2) is 0 Å². The zero-order chi connectivity index (χ0) is 21.4. The fraction of sp³-hybridized carbons (Fsp3) is 0.0968. The van der Waals surface area contributed by atoms with Gasteiger partial charge >= 0.3 is 0 Å². The van der Waals surface area contributed by atoms with Gasteiger partial charge in [-0.25, -0.2) is 0 Å². The summed E-state index contributed by atoms with van der Waals surface area (Å²) in [7, 11) is 0. The van der Waals surface area contributed by atoms with Gasteiger partial charge < -0.3 is 4.98 Å². The molecule has 1 aliphatic rings. The van der Waals surface area contributed by atoms with Gasteiger partial charge in [0.05, 0.1) is 11.0 Å². The second kappa shape index (κ2) is 6.11. The third-order valence-corrected chi connectivity index (χ3v) is 7.43. The van der Waals surface area contributed by atoms with Gasteiger partial charge in [-0.05, 0) is 33.2 Å². The SMILES string of the molecule is CC1(C)c2ccccc2-c2c(-c3cccc4c3[nH]c3c5ccccc5ccc43)cccc21.[HH]. The minimum Gasteiger partial charge on any atom is -0.353 e. The zero-order valence-corrected chi connectivity index (χ0v) is 18.2. The quantitative estimate of drug-likeness (QED) is 0.278. The number of hydrogen-bond donors (Lipinski definition) is 1. The zero-order valence-electron chi connectivity index (χ0n) is 18.2. The molecule has 0 radical (unpaired) electrons. The number of benzene rings is 5. The normalized spacial score (nSPS) is 14.2. The van der Waals surface area contributed by atoms with Gasteiger partial charge in [-0.2, -0.15) is 0 Å². The van der Waals surface area contributed by atoms with E-state index in [9.17, 15) is 0 Å². The van der Waals surface area contributed by atoms with Crippen LogP contribution in [0.25, 0.3) is 54.8 Å². The maximum atomic E-state index is 3.82. The molecule has 0 amide bonds. The highest BCUT2D eigenvalue weighted by Gasteiger charge is 2.36. The molecule has 7 rings (SSSR count). The molecule has 5 aromatic carbocycles. The van der Waals surface area contributed by atoms with Crippen LogP contribution in [-0.4, -0.2) is 4.98 Å². The molecule has 1 nitrogen and oxygen atoms in total.